The Bertz CT molecular complexity index is 132. The molecule has 0 radical (unpaired) electrons. The van der Waals surface area contributed by atoms with E-state index >= 15 is 0 Å². The van der Waals surface area contributed by atoms with Crippen molar-refractivity contribution >= 4 is 0 Å². The fraction of sp³-hybridized carbons (Fsp3) is 1.00. The van der Waals surface area contributed by atoms with Crippen LogP contribution in [0.5, 0.6) is 0 Å². The minimum atomic E-state index is 0.00921. The number of hydrogen-bond acceptors (Lipinski definition) is 2. The number of aliphatic hydroxyl groups excluding tert-OH is 1. The highest BCUT2D eigenvalue weighted by Gasteiger charge is 2.37. The maximum absolute atomic E-state index is 9.49. The average molecular weight is 141 g/mol. The van der Waals surface area contributed by atoms with E-state index in [0.717, 1.165) is 18.9 Å². The highest BCUT2D eigenvalue weighted by atomic mass is 16.3. The molecule has 58 valence electrons. The van der Waals surface area contributed by atoms with Crippen molar-refractivity contribution in [3.63, 3.8) is 0 Å². The van der Waals surface area contributed by atoms with Crippen LogP contribution in [0.25, 0.3) is 0 Å². The zero-order valence-corrected chi connectivity index (χ0v) is 6.45. The summed E-state index contributed by atoms with van der Waals surface area (Å²) >= 11 is 0. The Hall–Kier alpha value is -0.0800. The lowest BCUT2D eigenvalue weighted by Gasteiger charge is -2.28. The topological polar surface area (TPSA) is 23.5 Å². The molecular formula is C8H15NO. The standard InChI is InChI=1S/C8H15NO/c1-9-4-6-2-7(5-9)8(10)3-6/h6-8,10H,2-5H2,1H3/t6-,7-,8-/m0/s1. The summed E-state index contributed by atoms with van der Waals surface area (Å²) in [5.41, 5.74) is 0. The van der Waals surface area contributed by atoms with Crippen LogP contribution in [0.4, 0.5) is 0 Å². The Morgan fingerprint density at radius 2 is 2.10 bits per heavy atom. The second-order valence-corrected chi connectivity index (χ2v) is 3.89. The first kappa shape index (κ1) is 6.62. The molecule has 0 unspecified atom stereocenters. The van der Waals surface area contributed by atoms with Gasteiger partial charge in [-0.3, -0.25) is 0 Å². The normalized spacial score (nSPS) is 48.0. The molecule has 2 rings (SSSR count). The van der Waals surface area contributed by atoms with E-state index in [1.165, 1.54) is 13.0 Å². The molecule has 2 fully saturated rings. The monoisotopic (exact) mass is 141 g/mol. The van der Waals surface area contributed by atoms with Crippen molar-refractivity contribution in [2.45, 2.75) is 18.9 Å². The summed E-state index contributed by atoms with van der Waals surface area (Å²) in [6.07, 6.45) is 2.33. The molecule has 0 amide bonds. The lowest BCUT2D eigenvalue weighted by Crippen LogP contribution is -2.34. The molecule has 0 aromatic rings. The molecule has 1 aliphatic carbocycles. The van der Waals surface area contributed by atoms with Gasteiger partial charge in [0.25, 0.3) is 0 Å². The number of nitrogens with zero attached hydrogens (tertiary/aromatic N) is 1. The van der Waals surface area contributed by atoms with Crippen LogP contribution in [0.15, 0.2) is 0 Å². The lowest BCUT2D eigenvalue weighted by molar-refractivity contribution is 0.112. The number of piperidine rings is 1. The Kier molecular flexibility index (Phi) is 1.46. The molecule has 1 N–H and O–H groups in total. The summed E-state index contributed by atoms with van der Waals surface area (Å²) in [5, 5.41) is 9.49. The van der Waals surface area contributed by atoms with Crippen LogP contribution in [0.1, 0.15) is 12.8 Å². The quantitative estimate of drug-likeness (QED) is 0.525. The number of likely N-dealkylation sites (tertiary alicyclic amines) is 1. The Labute approximate surface area is 61.8 Å². The van der Waals surface area contributed by atoms with E-state index in [-0.39, 0.29) is 6.10 Å². The van der Waals surface area contributed by atoms with Crippen molar-refractivity contribution in [2.24, 2.45) is 11.8 Å². The molecule has 1 saturated carbocycles. The lowest BCUT2D eigenvalue weighted by atomic mass is 9.99. The summed E-state index contributed by atoms with van der Waals surface area (Å²) in [5.74, 6) is 1.38. The maximum atomic E-state index is 9.49. The van der Waals surface area contributed by atoms with Crippen LogP contribution in [0.3, 0.4) is 0 Å². The number of aliphatic hydroxyl groups is 1. The summed E-state index contributed by atoms with van der Waals surface area (Å²) in [4.78, 5) is 2.34. The van der Waals surface area contributed by atoms with Gasteiger partial charge in [-0.15, -0.1) is 0 Å². The third-order valence-corrected chi connectivity index (χ3v) is 2.87. The minimum absolute atomic E-state index is 0.00921. The molecule has 2 heteroatoms. The van der Waals surface area contributed by atoms with Crippen LogP contribution in [0.2, 0.25) is 0 Å². The van der Waals surface area contributed by atoms with Gasteiger partial charge in [0.15, 0.2) is 0 Å². The Morgan fingerprint density at radius 3 is 2.80 bits per heavy atom. The van der Waals surface area contributed by atoms with E-state index in [0.29, 0.717) is 5.92 Å². The van der Waals surface area contributed by atoms with Crippen molar-refractivity contribution in [1.82, 2.24) is 4.90 Å². The summed E-state index contributed by atoms with van der Waals surface area (Å²) < 4.78 is 0. The van der Waals surface area contributed by atoms with Gasteiger partial charge in [-0.05, 0) is 31.7 Å². The van der Waals surface area contributed by atoms with Crippen molar-refractivity contribution in [1.29, 1.82) is 0 Å². The second-order valence-electron chi connectivity index (χ2n) is 3.89. The van der Waals surface area contributed by atoms with Gasteiger partial charge >= 0.3 is 0 Å². The molecular weight excluding hydrogens is 126 g/mol. The third kappa shape index (κ3) is 0.956. The zero-order chi connectivity index (χ0) is 7.14. The Morgan fingerprint density at radius 1 is 1.30 bits per heavy atom. The molecule has 2 bridgehead atoms. The van der Waals surface area contributed by atoms with Crippen LogP contribution < -0.4 is 0 Å². The minimum Gasteiger partial charge on any atom is -0.393 e. The number of fused-ring (bicyclic) bond motifs is 2. The van der Waals surface area contributed by atoms with Crippen LogP contribution in [0, 0.1) is 11.8 Å². The fourth-order valence-electron chi connectivity index (χ4n) is 2.48. The molecule has 1 aliphatic heterocycles. The van der Waals surface area contributed by atoms with Crippen molar-refractivity contribution in [2.75, 3.05) is 20.1 Å². The molecule has 10 heavy (non-hydrogen) atoms. The van der Waals surface area contributed by atoms with Gasteiger partial charge in [0.05, 0.1) is 6.10 Å². The molecule has 1 saturated heterocycles. The van der Waals surface area contributed by atoms with Gasteiger partial charge in [-0.2, -0.15) is 0 Å². The number of hydrogen-bond donors (Lipinski definition) is 1. The first-order chi connectivity index (χ1) is 4.75. The summed E-state index contributed by atoms with van der Waals surface area (Å²) in [7, 11) is 2.15. The molecule has 2 nitrogen and oxygen atoms in total. The van der Waals surface area contributed by atoms with E-state index < -0.39 is 0 Å². The molecule has 2 aliphatic rings. The van der Waals surface area contributed by atoms with Crippen LogP contribution in [-0.2, 0) is 0 Å². The maximum Gasteiger partial charge on any atom is 0.0583 e. The van der Waals surface area contributed by atoms with Crippen LogP contribution >= 0.6 is 0 Å². The summed E-state index contributed by atoms with van der Waals surface area (Å²) in [6.45, 7) is 2.31. The number of rotatable bonds is 0. The van der Waals surface area contributed by atoms with Gasteiger partial charge in [0, 0.05) is 13.1 Å². The van der Waals surface area contributed by atoms with E-state index in [9.17, 15) is 5.11 Å². The highest BCUT2D eigenvalue weighted by molar-refractivity contribution is 4.90. The molecule has 3 atom stereocenters. The SMILES string of the molecule is CN1C[C@H]2C[C@@H](C1)[C@@H](O)C2. The smallest absolute Gasteiger partial charge is 0.0583 e. The average Bonchev–Trinajstić information content (AvgIpc) is 2.07. The second kappa shape index (κ2) is 2.21. The van der Waals surface area contributed by atoms with Gasteiger partial charge in [0.2, 0.25) is 0 Å². The fourth-order valence-corrected chi connectivity index (χ4v) is 2.48. The molecule has 0 spiro atoms. The molecule has 1 heterocycles. The van der Waals surface area contributed by atoms with Crippen molar-refractivity contribution < 1.29 is 5.11 Å². The molecule has 0 aromatic heterocycles. The largest absolute Gasteiger partial charge is 0.393 e. The van der Waals surface area contributed by atoms with E-state index in [2.05, 4.69) is 11.9 Å². The van der Waals surface area contributed by atoms with E-state index in [1.807, 2.05) is 0 Å². The first-order valence-electron chi connectivity index (χ1n) is 4.12. The van der Waals surface area contributed by atoms with Gasteiger partial charge in [-0.1, -0.05) is 0 Å². The van der Waals surface area contributed by atoms with E-state index in [1.54, 1.807) is 0 Å². The predicted molar refractivity (Wildman–Crippen MR) is 39.7 cm³/mol. The summed E-state index contributed by atoms with van der Waals surface area (Å²) in [6, 6.07) is 0. The van der Waals surface area contributed by atoms with E-state index in [4.69, 9.17) is 0 Å². The predicted octanol–water partition coefficient (Wildman–Crippen LogP) is 0.319. The van der Waals surface area contributed by atoms with Gasteiger partial charge in [0.1, 0.15) is 0 Å². The van der Waals surface area contributed by atoms with Crippen molar-refractivity contribution in [3.8, 4) is 0 Å². The zero-order valence-electron chi connectivity index (χ0n) is 6.45. The highest BCUT2D eigenvalue weighted by Crippen LogP contribution is 2.35. The van der Waals surface area contributed by atoms with Crippen LogP contribution in [-0.4, -0.2) is 36.2 Å². The van der Waals surface area contributed by atoms with Crippen molar-refractivity contribution in [3.05, 3.63) is 0 Å². The van der Waals surface area contributed by atoms with Gasteiger partial charge in [-0.25, -0.2) is 0 Å². The Balaban J connectivity index is 2.06. The third-order valence-electron chi connectivity index (χ3n) is 2.87. The first-order valence-corrected chi connectivity index (χ1v) is 4.12. The molecule has 0 aromatic carbocycles. The van der Waals surface area contributed by atoms with Gasteiger partial charge < -0.3 is 10.0 Å².